The Hall–Kier alpha value is -1.57. The van der Waals surface area contributed by atoms with Crippen molar-refractivity contribution in [1.29, 1.82) is 0 Å². The number of likely N-dealkylation sites (tertiary alicyclic amines) is 1. The van der Waals surface area contributed by atoms with Crippen LogP contribution in [0.3, 0.4) is 0 Å². The molecule has 0 spiro atoms. The minimum absolute atomic E-state index is 0.189. The lowest BCUT2D eigenvalue weighted by Crippen LogP contribution is -2.49. The molecule has 1 aromatic rings. The van der Waals surface area contributed by atoms with Crippen LogP contribution in [0.5, 0.6) is 0 Å². The first-order valence-corrected chi connectivity index (χ1v) is 9.92. The predicted molar refractivity (Wildman–Crippen MR) is 85.7 cm³/mol. The van der Waals surface area contributed by atoms with Gasteiger partial charge in [0.2, 0.25) is 0 Å². The van der Waals surface area contributed by atoms with E-state index < -0.39 is 20.2 Å². The van der Waals surface area contributed by atoms with Crippen LogP contribution >= 0.6 is 0 Å². The first kappa shape index (κ1) is 18.2. The summed E-state index contributed by atoms with van der Waals surface area (Å²) in [6.07, 6.45) is 6.35. The summed E-state index contributed by atoms with van der Waals surface area (Å²) in [6, 6.07) is 4.26. The Bertz CT molecular complexity index is 741. The van der Waals surface area contributed by atoms with Crippen LogP contribution in [0, 0.1) is 5.92 Å². The molecule has 3 rings (SSSR count). The topological polar surface area (TPSA) is 54.5 Å². The standard InChI is InChI=1S/C17H20F3NO3S/c18-17(19,20)25(23,24)14-9-7-13(8-10-14)16(22)21-11-3-5-12-4-1-2-6-15(12)21/h7-10,12,15H,1-6,11H2. The molecule has 0 radical (unpaired) electrons. The predicted octanol–water partition coefficient (Wildman–Crippen LogP) is 3.77. The lowest BCUT2D eigenvalue weighted by Gasteiger charge is -2.44. The molecule has 2 fully saturated rings. The first-order chi connectivity index (χ1) is 11.7. The summed E-state index contributed by atoms with van der Waals surface area (Å²) < 4.78 is 60.6. The summed E-state index contributed by atoms with van der Waals surface area (Å²) in [7, 11) is -5.39. The van der Waals surface area contributed by atoms with E-state index >= 15 is 0 Å². The Morgan fingerprint density at radius 3 is 2.24 bits per heavy atom. The van der Waals surface area contributed by atoms with Gasteiger partial charge in [-0.25, -0.2) is 8.42 Å². The molecule has 2 atom stereocenters. The van der Waals surface area contributed by atoms with Gasteiger partial charge in [-0.05, 0) is 55.9 Å². The molecule has 1 heterocycles. The van der Waals surface area contributed by atoms with Gasteiger partial charge < -0.3 is 4.90 Å². The Kier molecular flexibility index (Phi) is 4.83. The highest BCUT2D eigenvalue weighted by Crippen LogP contribution is 2.36. The number of hydrogen-bond donors (Lipinski definition) is 0. The molecule has 1 aliphatic heterocycles. The number of rotatable bonds is 2. The van der Waals surface area contributed by atoms with E-state index in [9.17, 15) is 26.4 Å². The number of amides is 1. The molecule has 1 amide bonds. The van der Waals surface area contributed by atoms with Crippen molar-refractivity contribution in [3.8, 4) is 0 Å². The van der Waals surface area contributed by atoms with Crippen LogP contribution < -0.4 is 0 Å². The summed E-state index contributed by atoms with van der Waals surface area (Å²) in [6.45, 7) is 0.641. The number of nitrogens with zero attached hydrogens (tertiary/aromatic N) is 1. The number of hydrogen-bond acceptors (Lipinski definition) is 3. The third kappa shape index (κ3) is 3.41. The fourth-order valence-corrected chi connectivity index (χ4v) is 4.71. The van der Waals surface area contributed by atoms with Crippen molar-refractivity contribution in [3.05, 3.63) is 29.8 Å². The minimum atomic E-state index is -5.39. The van der Waals surface area contributed by atoms with E-state index in [-0.39, 0.29) is 17.5 Å². The zero-order chi connectivity index (χ0) is 18.2. The monoisotopic (exact) mass is 375 g/mol. The number of halogens is 3. The van der Waals surface area contributed by atoms with Crippen molar-refractivity contribution in [2.24, 2.45) is 5.92 Å². The van der Waals surface area contributed by atoms with Crippen molar-refractivity contribution in [1.82, 2.24) is 4.90 Å². The fraction of sp³-hybridized carbons (Fsp3) is 0.588. The maximum Gasteiger partial charge on any atom is 0.501 e. The zero-order valence-corrected chi connectivity index (χ0v) is 14.4. The second-order valence-electron chi connectivity index (χ2n) is 6.73. The van der Waals surface area contributed by atoms with Gasteiger partial charge in [0.05, 0.1) is 4.90 Å². The van der Waals surface area contributed by atoms with E-state index in [1.807, 2.05) is 4.90 Å². The molecule has 0 N–H and O–H groups in total. The second kappa shape index (κ2) is 6.63. The number of benzene rings is 1. The summed E-state index contributed by atoms with van der Waals surface area (Å²) >= 11 is 0. The van der Waals surface area contributed by atoms with Gasteiger partial charge in [0.25, 0.3) is 15.7 Å². The average Bonchev–Trinajstić information content (AvgIpc) is 2.60. The smallest absolute Gasteiger partial charge is 0.335 e. The van der Waals surface area contributed by atoms with Gasteiger partial charge in [0, 0.05) is 18.2 Å². The molecule has 138 valence electrons. The van der Waals surface area contributed by atoms with Crippen molar-refractivity contribution >= 4 is 15.7 Å². The van der Waals surface area contributed by atoms with E-state index in [0.717, 1.165) is 44.2 Å². The van der Waals surface area contributed by atoms with Gasteiger partial charge in [0.1, 0.15) is 0 Å². The van der Waals surface area contributed by atoms with Crippen molar-refractivity contribution in [2.45, 2.75) is 55.0 Å². The van der Waals surface area contributed by atoms with Crippen LogP contribution in [0.25, 0.3) is 0 Å². The van der Waals surface area contributed by atoms with Crippen molar-refractivity contribution in [2.75, 3.05) is 6.54 Å². The SMILES string of the molecule is O=C(c1ccc(S(=O)(=O)C(F)(F)F)cc1)N1CCCC2CCCCC21. The van der Waals surface area contributed by atoms with E-state index in [2.05, 4.69) is 0 Å². The molecule has 4 nitrogen and oxygen atoms in total. The van der Waals surface area contributed by atoms with Gasteiger partial charge in [0.15, 0.2) is 0 Å². The molecule has 1 saturated carbocycles. The van der Waals surface area contributed by atoms with E-state index in [1.54, 1.807) is 0 Å². The van der Waals surface area contributed by atoms with Crippen LogP contribution in [0.1, 0.15) is 48.9 Å². The Labute approximate surface area is 144 Å². The number of carbonyl (C=O) groups excluding carboxylic acids is 1. The Morgan fingerprint density at radius 2 is 1.60 bits per heavy atom. The van der Waals surface area contributed by atoms with E-state index in [4.69, 9.17) is 0 Å². The third-order valence-electron chi connectivity index (χ3n) is 5.22. The highest BCUT2D eigenvalue weighted by molar-refractivity contribution is 7.92. The third-order valence-corrected chi connectivity index (χ3v) is 6.72. The lowest BCUT2D eigenvalue weighted by molar-refractivity contribution is -0.0436. The summed E-state index contributed by atoms with van der Waals surface area (Å²) in [5.74, 6) is 0.267. The summed E-state index contributed by atoms with van der Waals surface area (Å²) in [5, 5.41) is 0. The van der Waals surface area contributed by atoms with Crippen LogP contribution in [0.2, 0.25) is 0 Å². The molecule has 1 aromatic carbocycles. The van der Waals surface area contributed by atoms with E-state index in [1.165, 1.54) is 18.6 Å². The normalized spacial score (nSPS) is 24.7. The van der Waals surface area contributed by atoms with Crippen LogP contribution in [-0.2, 0) is 9.84 Å². The van der Waals surface area contributed by atoms with Crippen LogP contribution in [0.4, 0.5) is 13.2 Å². The van der Waals surface area contributed by atoms with Crippen molar-refractivity contribution < 1.29 is 26.4 Å². The number of piperidine rings is 1. The van der Waals surface area contributed by atoms with Gasteiger partial charge in [-0.15, -0.1) is 0 Å². The Balaban J connectivity index is 1.81. The molecule has 1 saturated heterocycles. The average molecular weight is 375 g/mol. The van der Waals surface area contributed by atoms with Gasteiger partial charge in [-0.1, -0.05) is 12.8 Å². The lowest BCUT2D eigenvalue weighted by atomic mass is 9.78. The molecule has 2 unspecified atom stereocenters. The number of carbonyl (C=O) groups is 1. The summed E-state index contributed by atoms with van der Waals surface area (Å²) in [5.41, 5.74) is -5.12. The highest BCUT2D eigenvalue weighted by Gasteiger charge is 2.46. The number of fused-ring (bicyclic) bond motifs is 1. The molecular weight excluding hydrogens is 355 g/mol. The number of alkyl halides is 3. The molecule has 2 aliphatic rings. The van der Waals surface area contributed by atoms with Crippen LogP contribution in [-0.4, -0.2) is 37.3 Å². The highest BCUT2D eigenvalue weighted by atomic mass is 32.2. The molecule has 25 heavy (non-hydrogen) atoms. The molecule has 8 heteroatoms. The van der Waals surface area contributed by atoms with Gasteiger partial charge in [-0.3, -0.25) is 4.79 Å². The quantitative estimate of drug-likeness (QED) is 0.791. The zero-order valence-electron chi connectivity index (χ0n) is 13.6. The van der Waals surface area contributed by atoms with Gasteiger partial charge in [-0.2, -0.15) is 13.2 Å². The molecule has 0 bridgehead atoms. The first-order valence-electron chi connectivity index (χ1n) is 8.44. The molecule has 1 aliphatic carbocycles. The van der Waals surface area contributed by atoms with E-state index in [0.29, 0.717) is 12.5 Å². The van der Waals surface area contributed by atoms with Gasteiger partial charge >= 0.3 is 5.51 Å². The summed E-state index contributed by atoms with van der Waals surface area (Å²) in [4.78, 5) is 13.7. The number of sulfone groups is 1. The molecular formula is C17H20F3NO3S. The fourth-order valence-electron chi connectivity index (χ4n) is 3.95. The molecule has 0 aromatic heterocycles. The minimum Gasteiger partial charge on any atom is -0.335 e. The Morgan fingerprint density at radius 1 is 1.00 bits per heavy atom. The van der Waals surface area contributed by atoms with Crippen molar-refractivity contribution in [3.63, 3.8) is 0 Å². The largest absolute Gasteiger partial charge is 0.501 e. The van der Waals surface area contributed by atoms with Crippen LogP contribution in [0.15, 0.2) is 29.2 Å². The maximum absolute atomic E-state index is 12.8. The second-order valence-corrected chi connectivity index (χ2v) is 8.67. The maximum atomic E-state index is 12.8.